The summed E-state index contributed by atoms with van der Waals surface area (Å²) in [6.07, 6.45) is 86.0. The molecule has 0 radical (unpaired) electrons. The number of unbranched alkanes of at least 4 members (excludes halogenated alkanes) is 13. The summed E-state index contributed by atoms with van der Waals surface area (Å²) < 4.78 is 34.5. The number of carbonyl (C=O) groups is 2. The highest BCUT2D eigenvalue weighted by molar-refractivity contribution is 7.47. The summed E-state index contributed by atoms with van der Waals surface area (Å²) in [5, 5.41) is 0. The lowest BCUT2D eigenvalue weighted by atomic mass is 10.1. The van der Waals surface area contributed by atoms with E-state index >= 15 is 0 Å². The number of likely N-dealkylation sites (N-methyl/N-ethyl adjacent to an activating group) is 1. The highest BCUT2D eigenvalue weighted by atomic mass is 31.2. The first-order chi connectivity index (χ1) is 38.0. The van der Waals surface area contributed by atoms with Crippen molar-refractivity contribution in [1.29, 1.82) is 0 Å². The quantitative estimate of drug-likeness (QED) is 0.0211. The van der Waals surface area contributed by atoms with E-state index in [1.165, 1.54) is 44.9 Å². The Morgan fingerprint density at radius 2 is 0.731 bits per heavy atom. The first-order valence-electron chi connectivity index (χ1n) is 30.2. The molecule has 440 valence electrons. The van der Waals surface area contributed by atoms with E-state index in [1.807, 2.05) is 21.1 Å². The van der Waals surface area contributed by atoms with Gasteiger partial charge < -0.3 is 18.9 Å². The smallest absolute Gasteiger partial charge is 0.462 e. The van der Waals surface area contributed by atoms with E-state index in [1.54, 1.807) is 0 Å². The summed E-state index contributed by atoms with van der Waals surface area (Å²) in [4.78, 5) is 35.7. The molecule has 0 spiro atoms. The molecule has 0 aliphatic heterocycles. The molecular weight excluding hydrogens is 990 g/mol. The molecule has 0 aliphatic rings. The van der Waals surface area contributed by atoms with Crippen molar-refractivity contribution in [2.75, 3.05) is 47.5 Å². The minimum atomic E-state index is -4.41. The zero-order valence-corrected chi connectivity index (χ0v) is 50.7. The number of ether oxygens (including phenoxy) is 2. The van der Waals surface area contributed by atoms with Crippen LogP contribution >= 0.6 is 7.82 Å². The molecule has 2 unspecified atom stereocenters. The van der Waals surface area contributed by atoms with E-state index in [0.29, 0.717) is 17.4 Å². The van der Waals surface area contributed by atoms with Gasteiger partial charge >= 0.3 is 19.8 Å². The van der Waals surface area contributed by atoms with Crippen molar-refractivity contribution in [3.05, 3.63) is 158 Å². The van der Waals surface area contributed by atoms with Gasteiger partial charge in [0, 0.05) is 12.8 Å². The number of phosphoric ester groups is 1. The molecule has 2 atom stereocenters. The van der Waals surface area contributed by atoms with Crippen LogP contribution in [-0.2, 0) is 32.7 Å². The van der Waals surface area contributed by atoms with Gasteiger partial charge in [-0.3, -0.25) is 18.6 Å². The van der Waals surface area contributed by atoms with E-state index < -0.39 is 32.5 Å². The molecule has 0 saturated carbocycles. The molecule has 0 amide bonds. The first-order valence-corrected chi connectivity index (χ1v) is 31.7. The van der Waals surface area contributed by atoms with Gasteiger partial charge in [-0.25, -0.2) is 4.57 Å². The van der Waals surface area contributed by atoms with Crippen molar-refractivity contribution < 1.29 is 42.1 Å². The molecule has 0 aromatic carbocycles. The number of rotatable bonds is 53. The SMILES string of the molecule is CC/C=C\C/C=C\C/C=C\C/C=C\C/C=C\C/C=C\C/C=C\C/C=C\C/C=C\C/C=C\C/C=C\CCCCCC(=O)OC(COC(=O)CCCCCCCCC/C=C\C/C=C\CCCCC)COP(=O)(O)OCC[N+](C)(C)C. The van der Waals surface area contributed by atoms with Crippen LogP contribution in [0.5, 0.6) is 0 Å². The number of hydrogen-bond donors (Lipinski definition) is 1. The summed E-state index contributed by atoms with van der Waals surface area (Å²) in [7, 11) is 1.42. The van der Waals surface area contributed by atoms with Gasteiger partial charge in [-0.05, 0) is 128 Å². The molecule has 9 nitrogen and oxygen atoms in total. The molecule has 0 aliphatic carbocycles. The Hall–Kier alpha value is -4.37. The van der Waals surface area contributed by atoms with Gasteiger partial charge in [0.25, 0.3) is 0 Å². The minimum absolute atomic E-state index is 0.0146. The van der Waals surface area contributed by atoms with Gasteiger partial charge in [-0.15, -0.1) is 0 Å². The van der Waals surface area contributed by atoms with Gasteiger partial charge in [0.15, 0.2) is 6.10 Å². The maximum Gasteiger partial charge on any atom is 0.472 e. The minimum Gasteiger partial charge on any atom is -0.462 e. The Kier molecular flexibility index (Phi) is 54.1. The largest absolute Gasteiger partial charge is 0.472 e. The lowest BCUT2D eigenvalue weighted by molar-refractivity contribution is -0.870. The van der Waals surface area contributed by atoms with E-state index in [-0.39, 0.29) is 26.1 Å². The van der Waals surface area contributed by atoms with Gasteiger partial charge in [0.2, 0.25) is 0 Å². The predicted molar refractivity (Wildman–Crippen MR) is 334 cm³/mol. The zero-order valence-electron chi connectivity index (χ0n) is 49.8. The second-order valence-corrected chi connectivity index (χ2v) is 22.1. The molecule has 78 heavy (non-hydrogen) atoms. The van der Waals surface area contributed by atoms with E-state index in [0.717, 1.165) is 128 Å². The fourth-order valence-electron chi connectivity index (χ4n) is 7.40. The Labute approximate surface area is 477 Å². The molecule has 0 rings (SSSR count). The topological polar surface area (TPSA) is 108 Å². The fourth-order valence-corrected chi connectivity index (χ4v) is 8.14. The molecule has 0 saturated heterocycles. The van der Waals surface area contributed by atoms with Crippen LogP contribution in [0, 0.1) is 0 Å². The van der Waals surface area contributed by atoms with Gasteiger partial charge in [-0.2, -0.15) is 0 Å². The maximum atomic E-state index is 12.8. The highest BCUT2D eigenvalue weighted by Gasteiger charge is 2.27. The van der Waals surface area contributed by atoms with Gasteiger partial charge in [0.1, 0.15) is 19.8 Å². The molecule has 1 N–H and O–H groups in total. The van der Waals surface area contributed by atoms with Crippen molar-refractivity contribution in [2.24, 2.45) is 0 Å². The predicted octanol–water partition coefficient (Wildman–Crippen LogP) is 19.3. The van der Waals surface area contributed by atoms with Crippen LogP contribution in [0.25, 0.3) is 0 Å². The summed E-state index contributed by atoms with van der Waals surface area (Å²) in [6.45, 7) is 4.22. The number of carbonyl (C=O) groups excluding carboxylic acids is 2. The standard InChI is InChI=1S/C68H110NO8P/c1-6-8-10-12-14-16-18-20-22-24-25-26-27-28-29-30-31-32-33-34-35-36-37-38-39-40-41-42-43-45-47-49-51-53-55-57-59-61-68(71)77-66(65-76-78(72,73)75-63-62-69(3,4)5)64-74-67(70)60-58-56-54-52-50-48-46-44-23-21-19-17-15-13-11-9-7-2/h8,10,14-17,20-23,25-26,28-29,31-32,34-35,37-38,40-41,43,45,49,51,66H,6-7,9,11-13,18-19,24,27,30,33,36,39,42,44,46-48,50,52-65H2,1-5H3/p+1/b10-8-,16-14-,17-15-,22-20-,23-21-,26-25-,29-28-,32-31-,35-34-,38-37-,41-40-,45-43-,51-49-. The molecule has 10 heteroatoms. The summed E-state index contributed by atoms with van der Waals surface area (Å²) in [5.74, 6) is -0.858. The Morgan fingerprint density at radius 1 is 0.410 bits per heavy atom. The average molecular weight is 1100 g/mol. The van der Waals surface area contributed by atoms with E-state index in [4.69, 9.17) is 18.5 Å². The molecule has 0 bridgehead atoms. The number of allylic oxidation sites excluding steroid dienone is 26. The van der Waals surface area contributed by atoms with Crippen LogP contribution in [0.4, 0.5) is 0 Å². The van der Waals surface area contributed by atoms with Crippen LogP contribution in [-0.4, -0.2) is 74.9 Å². The van der Waals surface area contributed by atoms with Crippen LogP contribution in [0.15, 0.2) is 158 Å². The normalized spacial score (nSPS) is 14.4. The second kappa shape index (κ2) is 57.3. The summed E-state index contributed by atoms with van der Waals surface area (Å²) in [5.41, 5.74) is 0. The first kappa shape index (κ1) is 73.6. The van der Waals surface area contributed by atoms with Crippen LogP contribution in [0.1, 0.15) is 206 Å². The van der Waals surface area contributed by atoms with Crippen molar-refractivity contribution >= 4 is 19.8 Å². The fraction of sp³-hybridized carbons (Fsp3) is 0.588. The van der Waals surface area contributed by atoms with E-state index in [9.17, 15) is 19.0 Å². The van der Waals surface area contributed by atoms with Crippen LogP contribution in [0.2, 0.25) is 0 Å². The Bertz CT molecular complexity index is 1870. The lowest BCUT2D eigenvalue weighted by Gasteiger charge is -2.24. The van der Waals surface area contributed by atoms with Gasteiger partial charge in [-0.1, -0.05) is 223 Å². The number of nitrogens with zero attached hydrogens (tertiary/aromatic N) is 1. The highest BCUT2D eigenvalue weighted by Crippen LogP contribution is 2.43. The van der Waals surface area contributed by atoms with E-state index in [2.05, 4.69) is 172 Å². The van der Waals surface area contributed by atoms with Crippen LogP contribution in [0.3, 0.4) is 0 Å². The summed E-state index contributed by atoms with van der Waals surface area (Å²) >= 11 is 0. The van der Waals surface area contributed by atoms with Crippen molar-refractivity contribution in [2.45, 2.75) is 213 Å². The number of phosphoric acid groups is 1. The van der Waals surface area contributed by atoms with Gasteiger partial charge in [0.05, 0.1) is 27.7 Å². The zero-order chi connectivity index (χ0) is 57.0. The average Bonchev–Trinajstić information content (AvgIpc) is 3.41. The third-order valence-electron chi connectivity index (χ3n) is 12.0. The molecule has 0 fully saturated rings. The molecular formula is C68H111NO8P+. The number of esters is 2. The number of quaternary nitrogens is 1. The third kappa shape index (κ3) is 60.9. The Morgan fingerprint density at radius 3 is 1.10 bits per heavy atom. The van der Waals surface area contributed by atoms with Crippen molar-refractivity contribution in [3.8, 4) is 0 Å². The molecule has 0 aromatic rings. The van der Waals surface area contributed by atoms with Crippen LogP contribution < -0.4 is 0 Å². The monoisotopic (exact) mass is 1100 g/mol. The third-order valence-corrected chi connectivity index (χ3v) is 13.0. The van der Waals surface area contributed by atoms with Crippen molar-refractivity contribution in [3.63, 3.8) is 0 Å². The lowest BCUT2D eigenvalue weighted by Crippen LogP contribution is -2.37. The molecule has 0 heterocycles. The number of hydrogen-bond acceptors (Lipinski definition) is 7. The van der Waals surface area contributed by atoms with Crippen molar-refractivity contribution in [1.82, 2.24) is 0 Å². The molecule has 0 aromatic heterocycles. The summed E-state index contributed by atoms with van der Waals surface area (Å²) in [6, 6.07) is 0. The Balaban J connectivity index is 4.26. The second-order valence-electron chi connectivity index (χ2n) is 20.6. The maximum absolute atomic E-state index is 12.8.